The number of benzene rings is 1. The highest BCUT2D eigenvalue weighted by Gasteiger charge is 2.13. The molecule has 0 saturated carbocycles. The van der Waals surface area contributed by atoms with E-state index in [0.717, 1.165) is 22.3 Å². The first kappa shape index (κ1) is 18.6. The fourth-order valence-corrected chi connectivity index (χ4v) is 3.03. The lowest BCUT2D eigenvalue weighted by atomic mass is 10.1. The minimum absolute atomic E-state index is 0.137. The first-order chi connectivity index (χ1) is 13.0. The Morgan fingerprint density at radius 1 is 1.30 bits per heavy atom. The van der Waals surface area contributed by atoms with Crippen molar-refractivity contribution in [1.82, 2.24) is 4.98 Å². The van der Waals surface area contributed by atoms with Crippen molar-refractivity contribution in [2.24, 2.45) is 0 Å². The maximum Gasteiger partial charge on any atom is 0.357 e. The van der Waals surface area contributed by atoms with Gasteiger partial charge in [-0.05, 0) is 31.5 Å². The van der Waals surface area contributed by atoms with Gasteiger partial charge in [0.2, 0.25) is 0 Å². The molecule has 3 rings (SSSR count). The van der Waals surface area contributed by atoms with Crippen LogP contribution < -0.4 is 15.7 Å². The average molecular weight is 388 g/mol. The Morgan fingerprint density at radius 2 is 2.11 bits per heavy atom. The molecule has 0 radical (unpaired) electrons. The first-order valence-electron chi connectivity index (χ1n) is 8.06. The fraction of sp³-hybridized carbons (Fsp3) is 0.222. The first-order valence-corrected chi connectivity index (χ1v) is 8.94. The second-order valence-corrected chi connectivity index (χ2v) is 6.36. The Kier molecular flexibility index (Phi) is 5.51. The second-order valence-electron chi connectivity index (χ2n) is 5.50. The number of carbonyl (C=O) groups excluding carboxylic acids is 2. The Labute approximate surface area is 157 Å². The van der Waals surface area contributed by atoms with Crippen molar-refractivity contribution in [2.75, 3.05) is 18.5 Å². The zero-order chi connectivity index (χ0) is 19.4. The third-order valence-electron chi connectivity index (χ3n) is 3.53. The number of carbonyl (C=O) groups is 2. The lowest BCUT2D eigenvalue weighted by molar-refractivity contribution is -0.118. The van der Waals surface area contributed by atoms with Crippen molar-refractivity contribution in [1.29, 1.82) is 0 Å². The highest BCUT2D eigenvalue weighted by molar-refractivity contribution is 7.14. The Hall–Kier alpha value is -3.20. The number of amides is 1. The van der Waals surface area contributed by atoms with Crippen molar-refractivity contribution in [2.45, 2.75) is 13.8 Å². The van der Waals surface area contributed by atoms with Gasteiger partial charge in [0, 0.05) is 22.9 Å². The van der Waals surface area contributed by atoms with Crippen LogP contribution in [0.15, 0.2) is 38.9 Å². The van der Waals surface area contributed by atoms with E-state index < -0.39 is 17.5 Å². The van der Waals surface area contributed by atoms with E-state index in [2.05, 4.69) is 10.3 Å². The lowest BCUT2D eigenvalue weighted by Crippen LogP contribution is -2.20. The number of aromatic nitrogens is 1. The highest BCUT2D eigenvalue weighted by atomic mass is 32.1. The molecule has 1 aromatic carbocycles. The van der Waals surface area contributed by atoms with Gasteiger partial charge in [-0.15, -0.1) is 11.3 Å². The fourth-order valence-electron chi connectivity index (χ4n) is 2.33. The van der Waals surface area contributed by atoms with E-state index >= 15 is 0 Å². The number of anilines is 1. The van der Waals surface area contributed by atoms with E-state index in [9.17, 15) is 14.4 Å². The molecule has 0 fully saturated rings. The maximum atomic E-state index is 12.0. The van der Waals surface area contributed by atoms with E-state index in [-0.39, 0.29) is 24.0 Å². The van der Waals surface area contributed by atoms with Crippen LogP contribution in [0, 0.1) is 6.92 Å². The molecule has 9 heteroatoms. The zero-order valence-corrected chi connectivity index (χ0v) is 15.4. The topological polar surface area (TPSA) is 108 Å². The van der Waals surface area contributed by atoms with Crippen LogP contribution in [0.5, 0.6) is 5.75 Å². The average Bonchev–Trinajstić information content (AvgIpc) is 3.08. The van der Waals surface area contributed by atoms with Gasteiger partial charge in [-0.2, -0.15) is 0 Å². The molecule has 0 aliphatic rings. The molecule has 2 heterocycles. The molecule has 8 nitrogen and oxygen atoms in total. The smallest absolute Gasteiger partial charge is 0.357 e. The molecule has 0 atom stereocenters. The monoisotopic (exact) mass is 388 g/mol. The number of nitrogens with zero attached hydrogens (tertiary/aromatic N) is 1. The summed E-state index contributed by atoms with van der Waals surface area (Å²) >= 11 is 1.11. The third-order valence-corrected chi connectivity index (χ3v) is 4.29. The van der Waals surface area contributed by atoms with Crippen LogP contribution in [0.3, 0.4) is 0 Å². The molecular formula is C18H16N2O6S. The lowest BCUT2D eigenvalue weighted by Gasteiger charge is -2.07. The molecule has 140 valence electrons. The van der Waals surface area contributed by atoms with Gasteiger partial charge in [0.15, 0.2) is 17.4 Å². The summed E-state index contributed by atoms with van der Waals surface area (Å²) in [4.78, 5) is 39.0. The summed E-state index contributed by atoms with van der Waals surface area (Å²) in [6.07, 6.45) is 0. The Morgan fingerprint density at radius 3 is 2.89 bits per heavy atom. The molecule has 0 spiro atoms. The molecular weight excluding hydrogens is 372 g/mol. The molecule has 27 heavy (non-hydrogen) atoms. The van der Waals surface area contributed by atoms with Gasteiger partial charge in [-0.3, -0.25) is 10.1 Å². The van der Waals surface area contributed by atoms with E-state index in [1.807, 2.05) is 6.92 Å². The predicted molar refractivity (Wildman–Crippen MR) is 99.4 cm³/mol. The van der Waals surface area contributed by atoms with Gasteiger partial charge < -0.3 is 13.9 Å². The normalized spacial score (nSPS) is 10.6. The largest absolute Gasteiger partial charge is 0.484 e. The number of hydrogen-bond donors (Lipinski definition) is 1. The third kappa shape index (κ3) is 4.50. The second kappa shape index (κ2) is 8.00. The quantitative estimate of drug-likeness (QED) is 0.511. The molecule has 0 bridgehead atoms. The van der Waals surface area contributed by atoms with Gasteiger partial charge >= 0.3 is 11.6 Å². The SMILES string of the molecule is CCOC(=O)c1csc(NC(=O)COc2ccc3c(C)cc(=O)oc3c2)n1. The number of ether oxygens (including phenoxy) is 2. The van der Waals surface area contributed by atoms with Crippen molar-refractivity contribution in [3.8, 4) is 5.75 Å². The van der Waals surface area contributed by atoms with Crippen molar-refractivity contribution in [3.05, 3.63) is 51.3 Å². The van der Waals surface area contributed by atoms with Crippen molar-refractivity contribution >= 4 is 39.3 Å². The van der Waals surface area contributed by atoms with Crippen molar-refractivity contribution in [3.63, 3.8) is 0 Å². The molecule has 3 aromatic rings. The van der Waals surface area contributed by atoms with E-state index in [4.69, 9.17) is 13.9 Å². The van der Waals surface area contributed by atoms with E-state index in [0.29, 0.717) is 11.3 Å². The number of fused-ring (bicyclic) bond motifs is 1. The van der Waals surface area contributed by atoms with Crippen LogP contribution in [0.1, 0.15) is 23.0 Å². The number of thiazole rings is 1. The predicted octanol–water partition coefficient (Wildman–Crippen LogP) is 2.75. The summed E-state index contributed by atoms with van der Waals surface area (Å²) in [5, 5.41) is 5.11. The number of aryl methyl sites for hydroxylation is 1. The van der Waals surface area contributed by atoms with Gasteiger partial charge in [0.25, 0.3) is 5.91 Å². The van der Waals surface area contributed by atoms with E-state index in [1.54, 1.807) is 25.1 Å². The van der Waals surface area contributed by atoms with E-state index in [1.165, 1.54) is 11.4 Å². The molecule has 0 aliphatic heterocycles. The molecule has 0 saturated heterocycles. The number of hydrogen-bond acceptors (Lipinski definition) is 8. The standard InChI is InChI=1S/C18H16N2O6S/c1-3-24-17(23)13-9-27-18(19-13)20-15(21)8-25-11-4-5-12-10(2)6-16(22)26-14(12)7-11/h4-7,9H,3,8H2,1-2H3,(H,19,20,21). The number of rotatable bonds is 6. The molecule has 1 N–H and O–H groups in total. The molecule has 1 amide bonds. The molecule has 0 aliphatic carbocycles. The summed E-state index contributed by atoms with van der Waals surface area (Å²) in [6, 6.07) is 6.41. The summed E-state index contributed by atoms with van der Waals surface area (Å²) in [6.45, 7) is 3.49. The summed E-state index contributed by atoms with van der Waals surface area (Å²) < 4.78 is 15.4. The van der Waals surface area contributed by atoms with Crippen LogP contribution in [0.4, 0.5) is 5.13 Å². The minimum atomic E-state index is -0.543. The van der Waals surface area contributed by atoms with Crippen LogP contribution >= 0.6 is 11.3 Å². The van der Waals surface area contributed by atoms with Gasteiger partial charge in [-0.25, -0.2) is 14.6 Å². The maximum absolute atomic E-state index is 12.0. The molecule has 2 aromatic heterocycles. The van der Waals surface area contributed by atoms with Crippen LogP contribution in [0.25, 0.3) is 11.0 Å². The van der Waals surface area contributed by atoms with Gasteiger partial charge in [-0.1, -0.05) is 0 Å². The number of nitrogens with one attached hydrogen (secondary N) is 1. The highest BCUT2D eigenvalue weighted by Crippen LogP contribution is 2.22. The summed E-state index contributed by atoms with van der Waals surface area (Å²) in [5.41, 5.74) is 0.873. The zero-order valence-electron chi connectivity index (χ0n) is 14.6. The number of esters is 1. The van der Waals surface area contributed by atoms with Crippen LogP contribution in [-0.4, -0.2) is 30.1 Å². The minimum Gasteiger partial charge on any atom is -0.484 e. The molecule has 0 unspecified atom stereocenters. The van der Waals surface area contributed by atoms with Crippen molar-refractivity contribution < 1.29 is 23.5 Å². The summed E-state index contributed by atoms with van der Waals surface area (Å²) in [5.74, 6) is -0.596. The summed E-state index contributed by atoms with van der Waals surface area (Å²) in [7, 11) is 0. The van der Waals surface area contributed by atoms with Crippen LogP contribution in [0.2, 0.25) is 0 Å². The van der Waals surface area contributed by atoms with Gasteiger partial charge in [0.1, 0.15) is 11.3 Å². The van der Waals surface area contributed by atoms with Gasteiger partial charge in [0.05, 0.1) is 6.61 Å². The Bertz CT molecular complexity index is 1060. The Balaban J connectivity index is 1.61. The van der Waals surface area contributed by atoms with Crippen LogP contribution in [-0.2, 0) is 9.53 Å².